The zero-order chi connectivity index (χ0) is 23.6. The summed E-state index contributed by atoms with van der Waals surface area (Å²) in [5.74, 6) is -1.49. The van der Waals surface area contributed by atoms with Gasteiger partial charge in [-0.1, -0.05) is 30.3 Å². The van der Waals surface area contributed by atoms with Crippen LogP contribution in [0.15, 0.2) is 82.0 Å². The van der Waals surface area contributed by atoms with Gasteiger partial charge in [-0.25, -0.2) is 4.79 Å². The number of amides is 1. The molecule has 0 spiro atoms. The monoisotopic (exact) mass is 457 g/mol. The minimum absolute atomic E-state index is 0.0754. The first-order valence-electron chi connectivity index (χ1n) is 9.78. The molecule has 0 aliphatic heterocycles. The van der Waals surface area contributed by atoms with E-state index in [-0.39, 0.29) is 23.7 Å². The second kappa shape index (κ2) is 8.73. The van der Waals surface area contributed by atoms with Crippen molar-refractivity contribution in [1.29, 1.82) is 0 Å². The Bertz CT molecular complexity index is 1350. The van der Waals surface area contributed by atoms with Crippen molar-refractivity contribution in [2.45, 2.75) is 12.9 Å². The highest BCUT2D eigenvalue weighted by Gasteiger charge is 2.32. The van der Waals surface area contributed by atoms with Crippen LogP contribution < -0.4 is 20.7 Å². The van der Waals surface area contributed by atoms with E-state index in [1.165, 1.54) is 45.9 Å². The lowest BCUT2D eigenvalue weighted by atomic mass is 10.2. The van der Waals surface area contributed by atoms with Crippen molar-refractivity contribution in [3.8, 4) is 5.75 Å². The molecular weight excluding hydrogens is 439 g/mol. The van der Waals surface area contributed by atoms with Crippen molar-refractivity contribution in [3.05, 3.63) is 83.3 Å². The number of nitrogens with zero attached hydrogens (tertiary/aromatic N) is 2. The number of hydrogen-bond acceptors (Lipinski definition) is 5. The Kier molecular flexibility index (Phi) is 5.82. The number of likely N-dealkylation sites (N-methyl/N-ethyl adjacent to an activating group) is 1. The number of ether oxygens (including phenoxy) is 1. The summed E-state index contributed by atoms with van der Waals surface area (Å²) in [5.41, 5.74) is 1.66. The maximum Gasteiger partial charge on any atom is 0.573 e. The number of fused-ring (bicyclic) bond motifs is 1. The van der Waals surface area contributed by atoms with Gasteiger partial charge in [0.15, 0.2) is 11.3 Å². The fourth-order valence-electron chi connectivity index (χ4n) is 3.27. The smallest absolute Gasteiger partial charge is 0.408 e. The van der Waals surface area contributed by atoms with Crippen LogP contribution in [-0.2, 0) is 11.3 Å². The Morgan fingerprint density at radius 2 is 1.76 bits per heavy atom. The minimum Gasteiger partial charge on any atom is -0.408 e. The maximum absolute atomic E-state index is 12.7. The van der Waals surface area contributed by atoms with E-state index in [1.54, 1.807) is 37.4 Å². The Morgan fingerprint density at radius 3 is 2.48 bits per heavy atom. The molecule has 1 N–H and O–H groups in total. The van der Waals surface area contributed by atoms with Gasteiger partial charge >= 0.3 is 12.1 Å². The summed E-state index contributed by atoms with van der Waals surface area (Å²) in [7, 11) is 1.59. The molecule has 4 rings (SSSR count). The number of carbonyl (C=O) groups excluding carboxylic acids is 1. The molecule has 0 fully saturated rings. The first kappa shape index (κ1) is 22.0. The van der Waals surface area contributed by atoms with Gasteiger partial charge in [0.25, 0.3) is 0 Å². The molecule has 4 aromatic rings. The molecule has 0 unspecified atom stereocenters. The Balaban J connectivity index is 1.62. The number of anilines is 3. The molecule has 0 atom stereocenters. The molecular formula is C23H18F3N3O4. The number of rotatable bonds is 6. The summed E-state index contributed by atoms with van der Waals surface area (Å²) in [6.07, 6.45) is -4.85. The second-order valence-corrected chi connectivity index (χ2v) is 7.09. The molecule has 1 aromatic heterocycles. The van der Waals surface area contributed by atoms with Gasteiger partial charge in [-0.15, -0.1) is 13.2 Å². The summed E-state index contributed by atoms with van der Waals surface area (Å²) in [4.78, 5) is 26.5. The van der Waals surface area contributed by atoms with Crippen molar-refractivity contribution in [1.82, 2.24) is 4.57 Å². The Labute approximate surface area is 185 Å². The summed E-state index contributed by atoms with van der Waals surface area (Å²) >= 11 is 0. The molecule has 0 saturated heterocycles. The average molecular weight is 457 g/mol. The van der Waals surface area contributed by atoms with Gasteiger partial charge in [0, 0.05) is 18.4 Å². The van der Waals surface area contributed by atoms with Crippen LogP contribution in [0.5, 0.6) is 5.75 Å². The van der Waals surface area contributed by atoms with Gasteiger partial charge < -0.3 is 19.4 Å². The van der Waals surface area contributed by atoms with Crippen molar-refractivity contribution in [3.63, 3.8) is 0 Å². The van der Waals surface area contributed by atoms with Crippen LogP contribution >= 0.6 is 0 Å². The topological polar surface area (TPSA) is 76.7 Å². The predicted octanol–water partition coefficient (Wildman–Crippen LogP) is 4.90. The molecule has 0 bridgehead atoms. The van der Waals surface area contributed by atoms with E-state index in [0.29, 0.717) is 16.9 Å². The number of oxazole rings is 1. The fourth-order valence-corrected chi connectivity index (χ4v) is 3.27. The Hall–Kier alpha value is -4.21. The zero-order valence-corrected chi connectivity index (χ0v) is 17.3. The lowest BCUT2D eigenvalue weighted by molar-refractivity contribution is -0.274. The molecule has 0 aliphatic carbocycles. The van der Waals surface area contributed by atoms with Gasteiger partial charge in [-0.2, -0.15) is 0 Å². The van der Waals surface area contributed by atoms with Crippen LogP contribution in [0.3, 0.4) is 0 Å². The summed E-state index contributed by atoms with van der Waals surface area (Å²) < 4.78 is 48.5. The highest BCUT2D eigenvalue weighted by atomic mass is 19.4. The molecule has 170 valence electrons. The number of hydrogen-bond donors (Lipinski definition) is 1. The van der Waals surface area contributed by atoms with Gasteiger partial charge in [-0.05, 0) is 42.5 Å². The van der Waals surface area contributed by atoms with Crippen molar-refractivity contribution >= 4 is 34.1 Å². The van der Waals surface area contributed by atoms with Gasteiger partial charge in [0.1, 0.15) is 6.54 Å². The number of halogens is 3. The summed E-state index contributed by atoms with van der Waals surface area (Å²) in [5, 5.41) is 2.85. The van der Waals surface area contributed by atoms with E-state index in [4.69, 9.17) is 4.42 Å². The molecule has 0 aliphatic rings. The number of carbonyl (C=O) groups is 1. The maximum atomic E-state index is 12.7. The lowest BCUT2D eigenvalue weighted by Crippen LogP contribution is -2.32. The molecule has 10 heteroatoms. The quantitative estimate of drug-likeness (QED) is 0.446. The van der Waals surface area contributed by atoms with Gasteiger partial charge in [-0.3, -0.25) is 9.36 Å². The van der Waals surface area contributed by atoms with Crippen LogP contribution in [-0.4, -0.2) is 23.9 Å². The fraction of sp³-hybridized carbons (Fsp3) is 0.130. The predicted molar refractivity (Wildman–Crippen MR) is 117 cm³/mol. The number of benzene rings is 3. The van der Waals surface area contributed by atoms with E-state index in [0.717, 1.165) is 0 Å². The zero-order valence-electron chi connectivity index (χ0n) is 17.3. The van der Waals surface area contributed by atoms with Crippen LogP contribution in [0.1, 0.15) is 0 Å². The normalized spacial score (nSPS) is 11.4. The SMILES string of the molecule is CN(C(=O)Cn1c(=O)oc2ccc(Nc3ccccc3OC(F)(F)F)cc21)c1ccccc1. The van der Waals surface area contributed by atoms with Crippen LogP contribution in [0.2, 0.25) is 0 Å². The summed E-state index contributed by atoms with van der Waals surface area (Å²) in [6, 6.07) is 19.0. The molecule has 0 radical (unpaired) electrons. The number of para-hydroxylation sites is 3. The van der Waals surface area contributed by atoms with E-state index >= 15 is 0 Å². The van der Waals surface area contributed by atoms with E-state index in [9.17, 15) is 22.8 Å². The minimum atomic E-state index is -4.85. The average Bonchev–Trinajstić information content (AvgIpc) is 3.08. The molecule has 0 saturated carbocycles. The van der Waals surface area contributed by atoms with Crippen LogP contribution in [0.25, 0.3) is 11.1 Å². The van der Waals surface area contributed by atoms with Gasteiger partial charge in [0.05, 0.1) is 11.2 Å². The molecule has 3 aromatic carbocycles. The molecule has 1 amide bonds. The number of nitrogens with one attached hydrogen (secondary N) is 1. The van der Waals surface area contributed by atoms with E-state index in [1.807, 2.05) is 6.07 Å². The van der Waals surface area contributed by atoms with Crippen molar-refractivity contribution in [2.75, 3.05) is 17.3 Å². The van der Waals surface area contributed by atoms with Crippen LogP contribution in [0.4, 0.5) is 30.2 Å². The summed E-state index contributed by atoms with van der Waals surface area (Å²) in [6.45, 7) is -0.283. The highest BCUT2D eigenvalue weighted by Crippen LogP contribution is 2.32. The lowest BCUT2D eigenvalue weighted by Gasteiger charge is -2.17. The van der Waals surface area contributed by atoms with Gasteiger partial charge in [0.2, 0.25) is 5.91 Å². The first-order valence-corrected chi connectivity index (χ1v) is 9.78. The molecule has 33 heavy (non-hydrogen) atoms. The van der Waals surface area contributed by atoms with E-state index < -0.39 is 17.9 Å². The first-order chi connectivity index (χ1) is 15.7. The third-order valence-electron chi connectivity index (χ3n) is 4.87. The highest BCUT2D eigenvalue weighted by molar-refractivity contribution is 5.93. The number of alkyl halides is 3. The van der Waals surface area contributed by atoms with Crippen molar-refractivity contribution < 1.29 is 27.1 Å². The Morgan fingerprint density at radius 1 is 1.06 bits per heavy atom. The molecule has 1 heterocycles. The van der Waals surface area contributed by atoms with E-state index in [2.05, 4.69) is 10.1 Å². The van der Waals surface area contributed by atoms with Crippen LogP contribution in [0, 0.1) is 0 Å². The third kappa shape index (κ3) is 5.00. The second-order valence-electron chi connectivity index (χ2n) is 7.09. The molecule has 7 nitrogen and oxygen atoms in total. The third-order valence-corrected chi connectivity index (χ3v) is 4.87. The largest absolute Gasteiger partial charge is 0.573 e. The standard InChI is InChI=1S/C23H18F3N3O4/c1-28(16-7-3-2-4-8-16)21(30)14-29-18-13-15(11-12-20(18)32-22(29)31)27-17-9-5-6-10-19(17)33-23(24,25)26/h2-13,27H,14H2,1H3. The number of aromatic nitrogens is 1. The van der Waals surface area contributed by atoms with Crippen molar-refractivity contribution in [2.24, 2.45) is 0 Å².